The van der Waals surface area contributed by atoms with E-state index in [0.717, 1.165) is 18.4 Å². The maximum Gasteiger partial charge on any atom is 1.00 e. The molecule has 2 rings (SSSR count). The molecule has 1 aromatic heterocycles. The summed E-state index contributed by atoms with van der Waals surface area (Å²) in [4.78, 5) is 14.3. The van der Waals surface area contributed by atoms with Crippen LogP contribution in [-0.4, -0.2) is 25.1 Å². The summed E-state index contributed by atoms with van der Waals surface area (Å²) in [7, 11) is -3.59. The molecule has 0 bridgehead atoms. The first-order valence-corrected chi connectivity index (χ1v) is 7.05. The quantitative estimate of drug-likeness (QED) is 0.552. The molecule has 18 heavy (non-hydrogen) atoms. The van der Waals surface area contributed by atoms with Crippen molar-refractivity contribution in [3.05, 3.63) is 23.5 Å². The molecule has 0 amide bonds. The fourth-order valence-corrected chi connectivity index (χ4v) is 2.70. The van der Waals surface area contributed by atoms with Gasteiger partial charge in [-0.15, -0.1) is 0 Å². The third kappa shape index (κ3) is 3.12. The average molecular weight is 277 g/mol. The Kier molecular flexibility index (Phi) is 4.94. The van der Waals surface area contributed by atoms with Crippen molar-refractivity contribution in [3.63, 3.8) is 0 Å². The molecule has 1 fully saturated rings. The minimum Gasteiger partial charge on any atom is -0.543 e. The van der Waals surface area contributed by atoms with Crippen molar-refractivity contribution >= 4 is 15.8 Å². The minimum absolute atomic E-state index is 0. The number of carbonyl (C=O) groups is 1. The summed E-state index contributed by atoms with van der Waals surface area (Å²) in [6.07, 6.45) is 3.42. The summed E-state index contributed by atoms with van der Waals surface area (Å²) < 4.78 is 23.6. The molecule has 5 nitrogen and oxygen atoms in total. The molecule has 1 aliphatic carbocycles. The largest absolute Gasteiger partial charge is 1.00 e. The van der Waals surface area contributed by atoms with Crippen LogP contribution in [0.4, 0.5) is 0 Å². The monoisotopic (exact) mass is 277 g/mol. The smallest absolute Gasteiger partial charge is 0.543 e. The van der Waals surface area contributed by atoms with Gasteiger partial charge in [0.1, 0.15) is 5.69 Å². The van der Waals surface area contributed by atoms with E-state index in [1.807, 2.05) is 0 Å². The Morgan fingerprint density at radius 2 is 2.11 bits per heavy atom. The predicted molar refractivity (Wildman–Crippen MR) is 58.3 cm³/mol. The second kappa shape index (κ2) is 5.69. The summed E-state index contributed by atoms with van der Waals surface area (Å²) in [5, 5.41) is 10.8. The first kappa shape index (κ1) is 15.6. The number of hydrogen-bond donors (Lipinski definition) is 0. The van der Waals surface area contributed by atoms with Gasteiger partial charge in [0, 0.05) is 6.20 Å². The molecular weight excluding hydrogens is 265 g/mol. The molecule has 0 unspecified atom stereocenters. The second-order valence-corrected chi connectivity index (χ2v) is 6.33. The molecule has 0 spiro atoms. The summed E-state index contributed by atoms with van der Waals surface area (Å²) in [6.45, 7) is 1.47. The zero-order chi connectivity index (χ0) is 12.6. The first-order chi connectivity index (χ1) is 7.95. The summed E-state index contributed by atoms with van der Waals surface area (Å²) in [5.74, 6) is -1.38. The van der Waals surface area contributed by atoms with E-state index in [0.29, 0.717) is 5.92 Å². The molecule has 1 aliphatic rings. The Morgan fingerprint density at radius 1 is 1.50 bits per heavy atom. The number of nitrogens with zero attached hydrogens (tertiary/aromatic N) is 1. The van der Waals surface area contributed by atoms with E-state index in [-0.39, 0.29) is 40.2 Å². The van der Waals surface area contributed by atoms with Crippen LogP contribution < -0.4 is 34.7 Å². The molecule has 1 heterocycles. The Bertz CT molecular complexity index is 566. The third-order valence-corrected chi connectivity index (χ3v) is 4.57. The maximum absolute atomic E-state index is 11.8. The number of hydrogen-bond acceptors (Lipinski definition) is 5. The Balaban J connectivity index is 0.00000162. The van der Waals surface area contributed by atoms with Crippen molar-refractivity contribution in [1.82, 2.24) is 4.98 Å². The zero-order valence-electron chi connectivity index (χ0n) is 10.3. The second-order valence-electron chi connectivity index (χ2n) is 4.08. The van der Waals surface area contributed by atoms with E-state index < -0.39 is 21.5 Å². The number of sulfone groups is 1. The molecule has 0 atom stereocenters. The fraction of sp³-hybridized carbons (Fsp3) is 0.455. The molecule has 1 aromatic rings. The van der Waals surface area contributed by atoms with Gasteiger partial charge in [0.05, 0.1) is 16.6 Å². The van der Waals surface area contributed by atoms with Crippen LogP contribution in [0.3, 0.4) is 0 Å². The van der Waals surface area contributed by atoms with Crippen molar-refractivity contribution in [2.45, 2.75) is 30.6 Å². The summed E-state index contributed by atoms with van der Waals surface area (Å²) in [5.41, 5.74) is 0.304. The summed E-state index contributed by atoms with van der Waals surface area (Å²) in [6, 6.07) is 1.43. The van der Waals surface area contributed by atoms with Gasteiger partial charge >= 0.3 is 29.6 Å². The molecule has 0 radical (unpaired) electrons. The third-order valence-electron chi connectivity index (χ3n) is 2.83. The number of carboxylic acid groups (broad SMARTS) is 1. The molecule has 1 saturated carbocycles. The molecule has 0 saturated heterocycles. The molecular formula is C11H12NNaO4S. The van der Waals surface area contributed by atoms with Crippen LogP contribution in [0, 0.1) is 0 Å². The summed E-state index contributed by atoms with van der Waals surface area (Å²) >= 11 is 0. The van der Waals surface area contributed by atoms with Crippen LogP contribution in [0.2, 0.25) is 0 Å². The molecule has 7 heteroatoms. The van der Waals surface area contributed by atoms with Crippen molar-refractivity contribution < 1.29 is 47.9 Å². The van der Waals surface area contributed by atoms with Gasteiger partial charge in [-0.2, -0.15) is 0 Å². The fourth-order valence-electron chi connectivity index (χ4n) is 1.65. The van der Waals surface area contributed by atoms with Gasteiger partial charge in [-0.25, -0.2) is 8.42 Å². The molecule has 0 aliphatic heterocycles. The van der Waals surface area contributed by atoms with Gasteiger partial charge in [-0.05, 0) is 30.4 Å². The predicted octanol–water partition coefficient (Wildman–Crippen LogP) is -2.88. The molecule has 92 valence electrons. The first-order valence-electron chi connectivity index (χ1n) is 5.39. The minimum atomic E-state index is -3.59. The van der Waals surface area contributed by atoms with E-state index in [4.69, 9.17) is 0 Å². The number of pyridine rings is 1. The number of carbonyl (C=O) groups excluding carboxylic acids is 1. The van der Waals surface area contributed by atoms with Crippen molar-refractivity contribution in [1.29, 1.82) is 0 Å². The van der Waals surface area contributed by atoms with Crippen LogP contribution in [0.5, 0.6) is 0 Å². The SMILES string of the molecule is CCS(=O)(=O)c1cc(C2CC2)cnc1C(=O)[O-].[Na+]. The van der Waals surface area contributed by atoms with E-state index in [9.17, 15) is 18.3 Å². The van der Waals surface area contributed by atoms with Crippen LogP contribution in [0.1, 0.15) is 41.7 Å². The Morgan fingerprint density at radius 3 is 2.56 bits per heavy atom. The topological polar surface area (TPSA) is 87.2 Å². The average Bonchev–Trinajstić information content (AvgIpc) is 3.12. The van der Waals surface area contributed by atoms with Gasteiger partial charge < -0.3 is 9.90 Å². The van der Waals surface area contributed by atoms with Gasteiger partial charge in [0.25, 0.3) is 0 Å². The maximum atomic E-state index is 11.8. The number of aromatic carboxylic acids is 1. The number of carboxylic acids is 1. The van der Waals surface area contributed by atoms with Gasteiger partial charge in [-0.1, -0.05) is 6.92 Å². The van der Waals surface area contributed by atoms with Crippen LogP contribution in [0.25, 0.3) is 0 Å². The van der Waals surface area contributed by atoms with Crippen LogP contribution >= 0.6 is 0 Å². The van der Waals surface area contributed by atoms with Crippen molar-refractivity contribution in [2.24, 2.45) is 0 Å². The zero-order valence-corrected chi connectivity index (χ0v) is 13.2. The standard InChI is InChI=1S/C11H13NO4S.Na/c1-2-17(15,16)9-5-8(7-3-4-7)6-12-10(9)11(13)14;/h5-7H,2-4H2,1H3,(H,13,14);/q;+1/p-1. The molecule has 0 aromatic carbocycles. The van der Waals surface area contributed by atoms with Gasteiger partial charge in [0.15, 0.2) is 9.84 Å². The van der Waals surface area contributed by atoms with E-state index in [2.05, 4.69) is 4.98 Å². The van der Waals surface area contributed by atoms with Crippen molar-refractivity contribution in [2.75, 3.05) is 5.75 Å². The van der Waals surface area contributed by atoms with Crippen molar-refractivity contribution in [3.8, 4) is 0 Å². The number of rotatable bonds is 4. The van der Waals surface area contributed by atoms with Crippen LogP contribution in [-0.2, 0) is 9.84 Å². The van der Waals surface area contributed by atoms with E-state index in [1.54, 1.807) is 0 Å². The Labute approximate surface area is 128 Å². The van der Waals surface area contributed by atoms with Gasteiger partial charge in [-0.3, -0.25) is 4.98 Å². The van der Waals surface area contributed by atoms with Crippen LogP contribution in [0.15, 0.2) is 17.2 Å². The van der Waals surface area contributed by atoms with Gasteiger partial charge in [0.2, 0.25) is 0 Å². The molecule has 0 N–H and O–H groups in total. The number of aromatic nitrogens is 1. The Hall–Kier alpha value is -0.430. The van der Waals surface area contributed by atoms with E-state index >= 15 is 0 Å². The normalized spacial score (nSPS) is 14.9. The van der Waals surface area contributed by atoms with E-state index in [1.165, 1.54) is 19.2 Å².